The molecular weight excluding hydrogens is 378 g/mol. The lowest BCUT2D eigenvalue weighted by molar-refractivity contribution is -0.140. The second-order valence-corrected chi connectivity index (χ2v) is 7.27. The van der Waals surface area contributed by atoms with Crippen molar-refractivity contribution in [3.05, 3.63) is 64.7 Å². The fraction of sp³-hybridized carbons (Fsp3) is 0.375. The Hall–Kier alpha value is -3.15. The molecule has 0 radical (unpaired) electrons. The molecule has 30 heavy (non-hydrogen) atoms. The number of ether oxygens (including phenoxy) is 1. The standard InChI is InChI=1S/C24H29N3O3/c1-3-11-21-26-20-15-10-14-19(25-17-9-5-8-16-22(28)30-2)23(20)24(29)27(21)18-12-6-4-7-13-18/h4,6-7,10,12-15,25H,3,5,8-9,11,16-17H2,1-2H3. The van der Waals surface area contributed by atoms with Crippen molar-refractivity contribution >= 4 is 22.6 Å². The molecule has 0 bridgehead atoms. The van der Waals surface area contributed by atoms with Crippen LogP contribution in [0.25, 0.3) is 16.6 Å². The molecule has 0 spiro atoms. The van der Waals surface area contributed by atoms with E-state index in [0.29, 0.717) is 17.3 Å². The van der Waals surface area contributed by atoms with Crippen LogP contribution in [0.4, 0.5) is 5.69 Å². The van der Waals surface area contributed by atoms with Crippen molar-refractivity contribution < 1.29 is 9.53 Å². The number of rotatable bonds is 10. The van der Waals surface area contributed by atoms with Crippen LogP contribution >= 0.6 is 0 Å². The number of unbranched alkanes of at least 4 members (excludes halogenated alkanes) is 2. The van der Waals surface area contributed by atoms with E-state index >= 15 is 0 Å². The molecule has 3 aromatic rings. The summed E-state index contributed by atoms with van der Waals surface area (Å²) < 4.78 is 6.39. The van der Waals surface area contributed by atoms with Gasteiger partial charge in [-0.2, -0.15) is 0 Å². The minimum absolute atomic E-state index is 0.0524. The summed E-state index contributed by atoms with van der Waals surface area (Å²) in [5.74, 6) is 0.605. The number of esters is 1. The summed E-state index contributed by atoms with van der Waals surface area (Å²) in [6.07, 6.45) is 4.71. The van der Waals surface area contributed by atoms with Gasteiger partial charge in [-0.25, -0.2) is 4.98 Å². The molecule has 1 aromatic heterocycles. The molecule has 0 amide bonds. The fourth-order valence-corrected chi connectivity index (χ4v) is 3.55. The lowest BCUT2D eigenvalue weighted by Gasteiger charge is -2.15. The molecule has 0 aliphatic heterocycles. The van der Waals surface area contributed by atoms with Gasteiger partial charge in [-0.3, -0.25) is 14.2 Å². The van der Waals surface area contributed by atoms with Crippen LogP contribution in [0.5, 0.6) is 0 Å². The maximum Gasteiger partial charge on any atom is 0.305 e. The largest absolute Gasteiger partial charge is 0.469 e. The van der Waals surface area contributed by atoms with Gasteiger partial charge in [0.2, 0.25) is 0 Å². The molecule has 0 saturated carbocycles. The summed E-state index contributed by atoms with van der Waals surface area (Å²) in [7, 11) is 1.41. The average Bonchev–Trinajstić information content (AvgIpc) is 2.76. The van der Waals surface area contributed by atoms with E-state index < -0.39 is 0 Å². The summed E-state index contributed by atoms with van der Waals surface area (Å²) >= 11 is 0. The van der Waals surface area contributed by atoms with Gasteiger partial charge in [0.25, 0.3) is 5.56 Å². The third-order valence-corrected chi connectivity index (χ3v) is 5.06. The lowest BCUT2D eigenvalue weighted by Crippen LogP contribution is -2.24. The Morgan fingerprint density at radius 1 is 1.07 bits per heavy atom. The van der Waals surface area contributed by atoms with Gasteiger partial charge in [0, 0.05) is 25.1 Å². The number of carbonyl (C=O) groups is 1. The first-order chi connectivity index (χ1) is 14.7. The molecular formula is C24H29N3O3. The number of aromatic nitrogens is 2. The number of hydrogen-bond donors (Lipinski definition) is 1. The van der Waals surface area contributed by atoms with Crippen LogP contribution in [-0.4, -0.2) is 29.2 Å². The SMILES string of the molecule is CCCc1nc2cccc(NCCCCCC(=O)OC)c2c(=O)n1-c1ccccc1. The first-order valence-electron chi connectivity index (χ1n) is 10.6. The summed E-state index contributed by atoms with van der Waals surface area (Å²) in [6, 6.07) is 15.4. The first-order valence-corrected chi connectivity index (χ1v) is 10.6. The van der Waals surface area contributed by atoms with Crippen LogP contribution in [0.3, 0.4) is 0 Å². The molecule has 0 unspecified atom stereocenters. The predicted octanol–water partition coefficient (Wildman–Crippen LogP) is 4.48. The molecule has 6 nitrogen and oxygen atoms in total. The van der Waals surface area contributed by atoms with Gasteiger partial charge in [-0.15, -0.1) is 0 Å². The van der Waals surface area contributed by atoms with Gasteiger partial charge in [-0.1, -0.05) is 37.6 Å². The summed E-state index contributed by atoms with van der Waals surface area (Å²) in [4.78, 5) is 29.5. The van der Waals surface area contributed by atoms with Crippen LogP contribution < -0.4 is 10.9 Å². The van der Waals surface area contributed by atoms with Gasteiger partial charge in [0.1, 0.15) is 5.82 Å². The second-order valence-electron chi connectivity index (χ2n) is 7.27. The number of para-hydroxylation sites is 1. The molecule has 2 aromatic carbocycles. The zero-order valence-electron chi connectivity index (χ0n) is 17.7. The van der Waals surface area contributed by atoms with Crippen molar-refractivity contribution in [3.63, 3.8) is 0 Å². The summed E-state index contributed by atoms with van der Waals surface area (Å²) in [5.41, 5.74) is 2.29. The van der Waals surface area contributed by atoms with Crippen molar-refractivity contribution in [2.75, 3.05) is 19.0 Å². The zero-order valence-corrected chi connectivity index (χ0v) is 17.7. The van der Waals surface area contributed by atoms with Crippen molar-refractivity contribution in [2.24, 2.45) is 0 Å². The number of nitrogens with one attached hydrogen (secondary N) is 1. The van der Waals surface area contributed by atoms with Gasteiger partial charge >= 0.3 is 5.97 Å². The minimum atomic E-state index is -0.174. The van der Waals surface area contributed by atoms with E-state index in [0.717, 1.165) is 55.8 Å². The molecule has 0 aliphatic carbocycles. The highest BCUT2D eigenvalue weighted by atomic mass is 16.5. The van der Waals surface area contributed by atoms with E-state index in [1.54, 1.807) is 4.57 Å². The molecule has 0 atom stereocenters. The van der Waals surface area contributed by atoms with E-state index in [-0.39, 0.29) is 11.5 Å². The lowest BCUT2D eigenvalue weighted by atomic mass is 10.1. The van der Waals surface area contributed by atoms with Crippen molar-refractivity contribution in [1.82, 2.24) is 9.55 Å². The molecule has 0 saturated heterocycles. The van der Waals surface area contributed by atoms with E-state index in [1.165, 1.54) is 7.11 Å². The van der Waals surface area contributed by atoms with Crippen molar-refractivity contribution in [2.45, 2.75) is 45.4 Å². The van der Waals surface area contributed by atoms with Gasteiger partial charge in [0.05, 0.1) is 23.7 Å². The zero-order chi connectivity index (χ0) is 21.3. The third kappa shape index (κ3) is 5.06. The Bertz CT molecular complexity index is 1040. The van der Waals surface area contributed by atoms with E-state index in [1.807, 2.05) is 48.5 Å². The van der Waals surface area contributed by atoms with Gasteiger partial charge < -0.3 is 10.1 Å². The number of hydrogen-bond acceptors (Lipinski definition) is 5. The highest BCUT2D eigenvalue weighted by Crippen LogP contribution is 2.21. The van der Waals surface area contributed by atoms with Crippen molar-refractivity contribution in [3.8, 4) is 5.69 Å². The number of fused-ring (bicyclic) bond motifs is 1. The van der Waals surface area contributed by atoms with Crippen LogP contribution in [0, 0.1) is 0 Å². The number of aryl methyl sites for hydroxylation is 1. The number of carbonyl (C=O) groups excluding carboxylic acids is 1. The molecule has 1 N–H and O–H groups in total. The Morgan fingerprint density at radius 2 is 1.87 bits per heavy atom. The Labute approximate surface area is 176 Å². The molecule has 6 heteroatoms. The second kappa shape index (κ2) is 10.6. The van der Waals surface area contributed by atoms with Crippen LogP contribution in [0.2, 0.25) is 0 Å². The van der Waals surface area contributed by atoms with E-state index in [9.17, 15) is 9.59 Å². The summed E-state index contributed by atoms with van der Waals surface area (Å²) in [6.45, 7) is 2.81. The minimum Gasteiger partial charge on any atom is -0.469 e. The van der Waals surface area contributed by atoms with Gasteiger partial charge in [0.15, 0.2) is 0 Å². The Morgan fingerprint density at radius 3 is 2.60 bits per heavy atom. The molecule has 1 heterocycles. The van der Waals surface area contributed by atoms with Crippen LogP contribution in [0.1, 0.15) is 44.9 Å². The number of benzene rings is 2. The molecule has 0 aliphatic rings. The Balaban J connectivity index is 1.86. The van der Waals surface area contributed by atoms with Crippen LogP contribution in [-0.2, 0) is 16.0 Å². The highest BCUT2D eigenvalue weighted by molar-refractivity contribution is 5.90. The normalized spacial score (nSPS) is 10.9. The fourth-order valence-electron chi connectivity index (χ4n) is 3.55. The maximum atomic E-state index is 13.5. The number of anilines is 1. The number of nitrogens with zero attached hydrogens (tertiary/aromatic N) is 2. The molecule has 3 rings (SSSR count). The van der Waals surface area contributed by atoms with Crippen molar-refractivity contribution in [1.29, 1.82) is 0 Å². The molecule has 158 valence electrons. The third-order valence-electron chi connectivity index (χ3n) is 5.06. The number of methoxy groups -OCH3 is 1. The maximum absolute atomic E-state index is 13.5. The smallest absolute Gasteiger partial charge is 0.305 e. The van der Waals surface area contributed by atoms with E-state index in [2.05, 4.69) is 17.0 Å². The van der Waals surface area contributed by atoms with Crippen LogP contribution in [0.15, 0.2) is 53.3 Å². The average molecular weight is 408 g/mol. The first kappa shape index (κ1) is 21.6. The van der Waals surface area contributed by atoms with E-state index in [4.69, 9.17) is 4.98 Å². The quantitative estimate of drug-likeness (QED) is 0.396. The Kier molecular flexibility index (Phi) is 7.60. The predicted molar refractivity (Wildman–Crippen MR) is 120 cm³/mol. The molecule has 0 fully saturated rings. The summed E-state index contributed by atoms with van der Waals surface area (Å²) in [5, 5.41) is 4.00. The monoisotopic (exact) mass is 407 g/mol. The highest BCUT2D eigenvalue weighted by Gasteiger charge is 2.15. The van der Waals surface area contributed by atoms with Gasteiger partial charge in [-0.05, 0) is 43.5 Å². The topological polar surface area (TPSA) is 73.2 Å².